The predicted octanol–water partition coefficient (Wildman–Crippen LogP) is 6.22. The Hall–Kier alpha value is -3.08. The molecule has 0 spiro atoms. The van der Waals surface area contributed by atoms with Crippen molar-refractivity contribution in [1.29, 1.82) is 0 Å². The van der Waals surface area contributed by atoms with Crippen LogP contribution in [0.2, 0.25) is 0 Å². The maximum atomic E-state index is 11.7. The van der Waals surface area contributed by atoms with Crippen molar-refractivity contribution in [3.05, 3.63) is 59.4 Å². The zero-order chi connectivity index (χ0) is 22.7. The van der Waals surface area contributed by atoms with E-state index in [4.69, 9.17) is 9.47 Å². The van der Waals surface area contributed by atoms with Crippen molar-refractivity contribution in [3.63, 3.8) is 0 Å². The van der Waals surface area contributed by atoms with Crippen LogP contribution in [0.25, 0.3) is 22.5 Å². The first-order chi connectivity index (χ1) is 14.8. The number of esters is 1. The maximum Gasteiger partial charge on any atom is 0.330 e. The van der Waals surface area contributed by atoms with Gasteiger partial charge in [-0.25, -0.2) is 9.78 Å². The largest absolute Gasteiger partial charge is 0.493 e. The summed E-state index contributed by atoms with van der Waals surface area (Å²) in [5.74, 6) is 1.27. The lowest BCUT2D eigenvalue weighted by molar-refractivity contribution is -0.134. The lowest BCUT2D eigenvalue weighted by Gasteiger charge is -2.20. The molecule has 0 fully saturated rings. The topological polar surface area (TPSA) is 52.8 Å². The van der Waals surface area contributed by atoms with Gasteiger partial charge in [0, 0.05) is 17.8 Å². The van der Waals surface area contributed by atoms with Gasteiger partial charge in [0.2, 0.25) is 0 Å². The quantitative estimate of drug-likeness (QED) is 0.336. The van der Waals surface area contributed by atoms with Crippen LogP contribution in [0.1, 0.15) is 70.1 Å². The Morgan fingerprint density at radius 2 is 1.90 bits per heavy atom. The molecule has 0 bridgehead atoms. The van der Waals surface area contributed by atoms with Crippen LogP contribution < -0.4 is 4.74 Å². The number of hydrogen-bond donors (Lipinski definition) is 0. The van der Waals surface area contributed by atoms with E-state index in [2.05, 4.69) is 49.2 Å². The average Bonchev–Trinajstić information content (AvgIpc) is 3.16. The molecule has 5 heteroatoms. The van der Waals surface area contributed by atoms with Gasteiger partial charge in [-0.2, -0.15) is 0 Å². The van der Waals surface area contributed by atoms with Crippen LogP contribution in [0.5, 0.6) is 5.75 Å². The summed E-state index contributed by atoms with van der Waals surface area (Å²) in [5, 5.41) is 0. The third-order valence-corrected chi connectivity index (χ3v) is 5.49. The van der Waals surface area contributed by atoms with Gasteiger partial charge < -0.3 is 9.47 Å². The van der Waals surface area contributed by atoms with Gasteiger partial charge in [0.05, 0.1) is 25.6 Å². The van der Waals surface area contributed by atoms with E-state index in [-0.39, 0.29) is 5.97 Å². The second-order valence-electron chi connectivity index (χ2n) is 8.37. The minimum Gasteiger partial charge on any atom is -0.493 e. The smallest absolute Gasteiger partial charge is 0.330 e. The molecule has 0 saturated carbocycles. The van der Waals surface area contributed by atoms with Crippen LogP contribution in [0.15, 0.2) is 42.7 Å². The number of methoxy groups -OCH3 is 1. The molecule has 0 aliphatic heterocycles. The highest BCUT2D eigenvalue weighted by Crippen LogP contribution is 2.40. The van der Waals surface area contributed by atoms with E-state index in [1.54, 1.807) is 0 Å². The molecular formula is C26H32N2O3. The Morgan fingerprint density at radius 3 is 2.52 bits per heavy atom. The fourth-order valence-corrected chi connectivity index (χ4v) is 3.66. The van der Waals surface area contributed by atoms with Crippen molar-refractivity contribution in [2.45, 2.75) is 53.4 Å². The molecule has 0 aliphatic rings. The molecule has 5 nitrogen and oxygen atoms in total. The molecule has 3 rings (SSSR count). The molecule has 0 unspecified atom stereocenters. The van der Waals surface area contributed by atoms with Crippen LogP contribution in [-0.4, -0.2) is 29.1 Å². The van der Waals surface area contributed by atoms with Crippen LogP contribution in [-0.2, 0) is 9.53 Å². The predicted molar refractivity (Wildman–Crippen MR) is 126 cm³/mol. The van der Waals surface area contributed by atoms with Gasteiger partial charge in [0.25, 0.3) is 0 Å². The summed E-state index contributed by atoms with van der Waals surface area (Å²) in [5.41, 5.74) is 7.09. The summed E-state index contributed by atoms with van der Waals surface area (Å²) in [4.78, 5) is 16.3. The number of carbonyl (C=O) groups excluding carboxylic acids is 1. The van der Waals surface area contributed by atoms with E-state index in [0.29, 0.717) is 18.4 Å². The minimum atomic E-state index is -0.367. The van der Waals surface area contributed by atoms with Crippen LogP contribution in [0.4, 0.5) is 0 Å². The Labute approximate surface area is 184 Å². The second-order valence-corrected chi connectivity index (χ2v) is 8.37. The van der Waals surface area contributed by atoms with Crippen molar-refractivity contribution in [2.75, 3.05) is 13.7 Å². The van der Waals surface area contributed by atoms with E-state index in [0.717, 1.165) is 33.8 Å². The van der Waals surface area contributed by atoms with Crippen molar-refractivity contribution in [3.8, 4) is 17.0 Å². The summed E-state index contributed by atoms with van der Waals surface area (Å²) >= 11 is 0. The number of imidazole rings is 1. The first-order valence-electron chi connectivity index (χ1n) is 10.8. The molecule has 0 amide bonds. The van der Waals surface area contributed by atoms with Gasteiger partial charge in [0.15, 0.2) is 0 Å². The number of allylic oxidation sites excluding steroid dienone is 1. The maximum absolute atomic E-state index is 11.7. The Balaban J connectivity index is 2.26. The zero-order valence-corrected chi connectivity index (χ0v) is 19.5. The van der Waals surface area contributed by atoms with Gasteiger partial charge in [-0.05, 0) is 66.1 Å². The van der Waals surface area contributed by atoms with Crippen molar-refractivity contribution in [1.82, 2.24) is 9.38 Å². The summed E-state index contributed by atoms with van der Waals surface area (Å²) < 4.78 is 13.0. The number of rotatable bonds is 7. The number of aromatic nitrogens is 2. The van der Waals surface area contributed by atoms with Crippen molar-refractivity contribution in [2.24, 2.45) is 0 Å². The standard InChI is InChI=1S/C26H32N2O3/c1-8-31-26-21(17(4)5)12-20(16(2)3)13-22(26)23-14-27-24-10-9-19(15-28(23)24)18(6)11-25(29)30-7/h9-17H,8H2,1-7H3/b18-11+. The van der Waals surface area contributed by atoms with Crippen LogP contribution >= 0.6 is 0 Å². The number of nitrogens with zero attached hydrogens (tertiary/aromatic N) is 2. The second kappa shape index (κ2) is 9.38. The van der Waals surface area contributed by atoms with Crippen molar-refractivity contribution >= 4 is 17.2 Å². The zero-order valence-electron chi connectivity index (χ0n) is 19.5. The number of benzene rings is 1. The average molecular weight is 421 g/mol. The van der Waals surface area contributed by atoms with Gasteiger partial charge in [0.1, 0.15) is 11.4 Å². The summed E-state index contributed by atoms with van der Waals surface area (Å²) in [7, 11) is 1.38. The Morgan fingerprint density at radius 1 is 1.16 bits per heavy atom. The van der Waals surface area contributed by atoms with Crippen molar-refractivity contribution < 1.29 is 14.3 Å². The minimum absolute atomic E-state index is 0.332. The lowest BCUT2D eigenvalue weighted by atomic mass is 9.91. The molecule has 0 atom stereocenters. The number of carbonyl (C=O) groups is 1. The number of hydrogen-bond acceptors (Lipinski definition) is 4. The van der Waals surface area contributed by atoms with E-state index in [1.807, 2.05) is 38.4 Å². The van der Waals surface area contributed by atoms with E-state index < -0.39 is 0 Å². The summed E-state index contributed by atoms with van der Waals surface area (Å²) in [6.45, 7) is 13.3. The molecule has 1 aromatic carbocycles. The molecule has 0 saturated heterocycles. The highest BCUT2D eigenvalue weighted by atomic mass is 16.5. The molecule has 0 N–H and O–H groups in total. The third kappa shape index (κ3) is 4.66. The first kappa shape index (κ1) is 22.6. The number of pyridine rings is 1. The Bertz CT molecular complexity index is 1120. The molecule has 31 heavy (non-hydrogen) atoms. The van der Waals surface area contributed by atoms with Gasteiger partial charge in [-0.15, -0.1) is 0 Å². The highest BCUT2D eigenvalue weighted by Gasteiger charge is 2.20. The van der Waals surface area contributed by atoms with E-state index in [9.17, 15) is 4.79 Å². The lowest BCUT2D eigenvalue weighted by Crippen LogP contribution is -2.04. The van der Waals surface area contributed by atoms with Gasteiger partial charge in [-0.1, -0.05) is 33.8 Å². The fraction of sp³-hybridized carbons (Fsp3) is 0.385. The molecule has 164 valence electrons. The molecule has 0 aliphatic carbocycles. The highest BCUT2D eigenvalue weighted by molar-refractivity contribution is 5.90. The fourth-order valence-electron chi connectivity index (χ4n) is 3.66. The van der Waals surface area contributed by atoms with Crippen LogP contribution in [0.3, 0.4) is 0 Å². The molecule has 3 aromatic rings. The van der Waals surface area contributed by atoms with E-state index in [1.165, 1.54) is 24.3 Å². The van der Waals surface area contributed by atoms with Gasteiger partial charge in [-0.3, -0.25) is 4.40 Å². The molecule has 2 aromatic heterocycles. The molecule has 0 radical (unpaired) electrons. The van der Waals surface area contributed by atoms with E-state index >= 15 is 0 Å². The first-order valence-corrected chi connectivity index (χ1v) is 10.8. The number of fused-ring (bicyclic) bond motifs is 1. The third-order valence-electron chi connectivity index (χ3n) is 5.49. The summed E-state index contributed by atoms with van der Waals surface area (Å²) in [6, 6.07) is 8.41. The van der Waals surface area contributed by atoms with Gasteiger partial charge >= 0.3 is 5.97 Å². The molecular weight excluding hydrogens is 388 g/mol. The molecule has 2 heterocycles. The SMILES string of the molecule is CCOc1c(-c2cnc3ccc(/C(C)=C/C(=O)OC)cn23)cc(C(C)C)cc1C(C)C. The number of ether oxygens (including phenoxy) is 2. The normalized spacial score (nSPS) is 12.1. The summed E-state index contributed by atoms with van der Waals surface area (Å²) in [6.07, 6.45) is 5.41. The Kier molecular flexibility index (Phi) is 6.84. The monoisotopic (exact) mass is 420 g/mol. The van der Waals surface area contributed by atoms with Crippen LogP contribution in [0, 0.1) is 0 Å².